The van der Waals surface area contributed by atoms with E-state index in [0.717, 1.165) is 25.9 Å². The second kappa shape index (κ2) is 8.90. The van der Waals surface area contributed by atoms with Gasteiger partial charge in [-0.2, -0.15) is 13.8 Å². The third kappa shape index (κ3) is 5.00. The SMILES string of the molecule is CCNC(=O)C1CCN(Cc2nc(-c3ccccc3OC(F)F)no2)CC1. The summed E-state index contributed by atoms with van der Waals surface area (Å²) in [6, 6.07) is 6.32. The maximum Gasteiger partial charge on any atom is 0.387 e. The number of benzene rings is 1. The van der Waals surface area contributed by atoms with Gasteiger partial charge in [0.15, 0.2) is 0 Å². The number of carbonyl (C=O) groups excluding carboxylic acids is 1. The first-order chi connectivity index (χ1) is 13.1. The van der Waals surface area contributed by atoms with E-state index in [-0.39, 0.29) is 23.4 Å². The zero-order valence-corrected chi connectivity index (χ0v) is 15.0. The quantitative estimate of drug-likeness (QED) is 0.796. The van der Waals surface area contributed by atoms with E-state index in [9.17, 15) is 13.6 Å². The number of amides is 1. The molecule has 2 heterocycles. The molecular formula is C18H22F2N4O3. The minimum absolute atomic E-state index is 0.00241. The molecule has 27 heavy (non-hydrogen) atoms. The van der Waals surface area contributed by atoms with E-state index in [4.69, 9.17) is 4.52 Å². The van der Waals surface area contributed by atoms with Crippen molar-refractivity contribution in [2.24, 2.45) is 5.92 Å². The predicted molar refractivity (Wildman–Crippen MR) is 93.1 cm³/mol. The number of halogens is 2. The van der Waals surface area contributed by atoms with Crippen LogP contribution in [-0.4, -0.2) is 47.2 Å². The van der Waals surface area contributed by atoms with Gasteiger partial charge in [-0.15, -0.1) is 0 Å². The highest BCUT2D eigenvalue weighted by Gasteiger charge is 2.25. The van der Waals surface area contributed by atoms with Gasteiger partial charge < -0.3 is 14.6 Å². The molecule has 9 heteroatoms. The number of nitrogens with zero attached hydrogens (tertiary/aromatic N) is 3. The Morgan fingerprint density at radius 3 is 2.81 bits per heavy atom. The van der Waals surface area contributed by atoms with Crippen molar-refractivity contribution in [2.45, 2.75) is 32.9 Å². The Morgan fingerprint density at radius 2 is 2.11 bits per heavy atom. The number of piperidine rings is 1. The second-order valence-corrected chi connectivity index (χ2v) is 6.33. The summed E-state index contributed by atoms with van der Waals surface area (Å²) in [4.78, 5) is 18.3. The normalized spacial score (nSPS) is 15.9. The molecule has 0 unspecified atom stereocenters. The summed E-state index contributed by atoms with van der Waals surface area (Å²) < 4.78 is 34.9. The number of carbonyl (C=O) groups is 1. The summed E-state index contributed by atoms with van der Waals surface area (Å²) in [6.45, 7) is 1.58. The number of hydrogen-bond acceptors (Lipinski definition) is 6. The van der Waals surface area contributed by atoms with Gasteiger partial charge in [0.2, 0.25) is 17.6 Å². The number of ether oxygens (including phenoxy) is 1. The van der Waals surface area contributed by atoms with Gasteiger partial charge >= 0.3 is 6.61 Å². The Balaban J connectivity index is 1.60. The Labute approximate surface area is 155 Å². The Kier molecular flexibility index (Phi) is 6.33. The van der Waals surface area contributed by atoms with Gasteiger partial charge in [0.05, 0.1) is 12.1 Å². The van der Waals surface area contributed by atoms with Crippen LogP contribution in [0.1, 0.15) is 25.7 Å². The van der Waals surface area contributed by atoms with Crippen LogP contribution in [0, 0.1) is 5.92 Å². The van der Waals surface area contributed by atoms with Crippen LogP contribution in [0.2, 0.25) is 0 Å². The van der Waals surface area contributed by atoms with Crippen LogP contribution in [0.3, 0.4) is 0 Å². The molecule has 0 spiro atoms. The molecule has 1 aliphatic rings. The Bertz CT molecular complexity index is 761. The molecule has 0 aliphatic carbocycles. The summed E-state index contributed by atoms with van der Waals surface area (Å²) in [5.74, 6) is 0.750. The lowest BCUT2D eigenvalue weighted by Crippen LogP contribution is -2.40. The van der Waals surface area contributed by atoms with E-state index < -0.39 is 6.61 Å². The summed E-state index contributed by atoms with van der Waals surface area (Å²) >= 11 is 0. The van der Waals surface area contributed by atoms with E-state index in [1.165, 1.54) is 6.07 Å². The standard InChI is InChI=1S/C18H22F2N4O3/c1-2-21-17(25)12-7-9-24(10-8-12)11-15-22-16(23-27-15)13-5-3-4-6-14(13)26-18(19)20/h3-6,12,18H,2,7-11H2,1H3,(H,21,25). The Morgan fingerprint density at radius 1 is 1.37 bits per heavy atom. The van der Waals surface area contributed by atoms with E-state index in [1.54, 1.807) is 18.2 Å². The summed E-state index contributed by atoms with van der Waals surface area (Å²) in [5, 5.41) is 6.74. The fourth-order valence-corrected chi connectivity index (χ4v) is 3.14. The largest absolute Gasteiger partial charge is 0.434 e. The molecule has 1 aromatic carbocycles. The lowest BCUT2D eigenvalue weighted by molar-refractivity contribution is -0.126. The smallest absolute Gasteiger partial charge is 0.387 e. The van der Waals surface area contributed by atoms with Gasteiger partial charge in [0.1, 0.15) is 5.75 Å². The van der Waals surface area contributed by atoms with Crippen molar-refractivity contribution in [2.75, 3.05) is 19.6 Å². The topological polar surface area (TPSA) is 80.5 Å². The highest BCUT2D eigenvalue weighted by molar-refractivity contribution is 5.78. The second-order valence-electron chi connectivity index (χ2n) is 6.33. The molecule has 0 atom stereocenters. The highest BCUT2D eigenvalue weighted by Crippen LogP contribution is 2.29. The van der Waals surface area contributed by atoms with Crippen LogP contribution in [0.4, 0.5) is 8.78 Å². The van der Waals surface area contributed by atoms with Crippen molar-refractivity contribution in [3.8, 4) is 17.1 Å². The van der Waals surface area contributed by atoms with Crippen molar-refractivity contribution >= 4 is 5.91 Å². The Hall–Kier alpha value is -2.55. The average molecular weight is 380 g/mol. The number of likely N-dealkylation sites (tertiary alicyclic amines) is 1. The van der Waals surface area contributed by atoms with Crippen molar-refractivity contribution in [1.82, 2.24) is 20.4 Å². The first kappa shape index (κ1) is 19.2. The molecule has 1 N–H and O–H groups in total. The third-order valence-corrected chi connectivity index (χ3v) is 4.48. The summed E-state index contributed by atoms with van der Waals surface area (Å²) in [5.41, 5.74) is 0.350. The van der Waals surface area contributed by atoms with Crippen LogP contribution in [0.15, 0.2) is 28.8 Å². The molecule has 3 rings (SSSR count). The van der Waals surface area contributed by atoms with Gasteiger partial charge in [0, 0.05) is 12.5 Å². The number of nitrogens with one attached hydrogen (secondary N) is 1. The molecule has 0 saturated carbocycles. The molecule has 1 fully saturated rings. The minimum atomic E-state index is -2.93. The van der Waals surface area contributed by atoms with Gasteiger partial charge in [0.25, 0.3) is 0 Å². The van der Waals surface area contributed by atoms with Crippen molar-refractivity contribution in [3.63, 3.8) is 0 Å². The van der Waals surface area contributed by atoms with E-state index in [1.807, 2.05) is 6.92 Å². The van der Waals surface area contributed by atoms with Crippen molar-refractivity contribution in [3.05, 3.63) is 30.2 Å². The fraction of sp³-hybridized carbons (Fsp3) is 0.500. The van der Waals surface area contributed by atoms with E-state index >= 15 is 0 Å². The number of para-hydroxylation sites is 1. The maximum absolute atomic E-state index is 12.5. The molecule has 0 radical (unpaired) electrons. The van der Waals surface area contributed by atoms with Crippen LogP contribution in [-0.2, 0) is 11.3 Å². The number of rotatable bonds is 7. The monoisotopic (exact) mass is 380 g/mol. The van der Waals surface area contributed by atoms with Gasteiger partial charge in [-0.3, -0.25) is 9.69 Å². The van der Waals surface area contributed by atoms with E-state index in [0.29, 0.717) is 24.5 Å². The zero-order valence-electron chi connectivity index (χ0n) is 15.0. The summed E-state index contributed by atoms with van der Waals surface area (Å²) in [7, 11) is 0. The van der Waals surface area contributed by atoms with Crippen LogP contribution in [0.5, 0.6) is 5.75 Å². The summed E-state index contributed by atoms with van der Waals surface area (Å²) in [6.07, 6.45) is 1.55. The molecule has 146 valence electrons. The number of aromatic nitrogens is 2. The van der Waals surface area contributed by atoms with Gasteiger partial charge in [-0.25, -0.2) is 0 Å². The van der Waals surface area contributed by atoms with Gasteiger partial charge in [-0.1, -0.05) is 17.3 Å². The molecule has 1 saturated heterocycles. The fourth-order valence-electron chi connectivity index (χ4n) is 3.14. The first-order valence-electron chi connectivity index (χ1n) is 8.93. The van der Waals surface area contributed by atoms with Crippen LogP contribution < -0.4 is 10.1 Å². The number of hydrogen-bond donors (Lipinski definition) is 1. The van der Waals surface area contributed by atoms with Crippen molar-refractivity contribution in [1.29, 1.82) is 0 Å². The highest BCUT2D eigenvalue weighted by atomic mass is 19.3. The third-order valence-electron chi connectivity index (χ3n) is 4.48. The molecule has 2 aromatic rings. The van der Waals surface area contributed by atoms with Crippen LogP contribution in [0.25, 0.3) is 11.4 Å². The molecule has 1 aromatic heterocycles. The number of alkyl halides is 2. The van der Waals surface area contributed by atoms with Crippen molar-refractivity contribution < 1.29 is 22.8 Å². The lowest BCUT2D eigenvalue weighted by atomic mass is 9.96. The molecule has 0 bridgehead atoms. The predicted octanol–water partition coefficient (Wildman–Crippen LogP) is 2.69. The molecule has 7 nitrogen and oxygen atoms in total. The molecule has 1 amide bonds. The first-order valence-corrected chi connectivity index (χ1v) is 8.93. The average Bonchev–Trinajstić information content (AvgIpc) is 3.11. The lowest BCUT2D eigenvalue weighted by Gasteiger charge is -2.30. The minimum Gasteiger partial charge on any atom is -0.434 e. The van der Waals surface area contributed by atoms with E-state index in [2.05, 4.69) is 25.1 Å². The van der Waals surface area contributed by atoms with Gasteiger partial charge in [-0.05, 0) is 45.0 Å². The molecular weight excluding hydrogens is 358 g/mol. The molecule has 1 aliphatic heterocycles. The van der Waals surface area contributed by atoms with Crippen LogP contribution >= 0.6 is 0 Å². The maximum atomic E-state index is 12.5. The zero-order chi connectivity index (χ0) is 19.2.